The summed E-state index contributed by atoms with van der Waals surface area (Å²) in [4.78, 5) is 6.85. The summed E-state index contributed by atoms with van der Waals surface area (Å²) in [6.07, 6.45) is 1.19. The summed E-state index contributed by atoms with van der Waals surface area (Å²) in [5.74, 6) is 1.60. The molecule has 3 heterocycles. The van der Waals surface area contributed by atoms with Gasteiger partial charge in [0.25, 0.3) is 0 Å². The normalized spacial score (nSPS) is 19.0. The number of hydrogen-bond donors (Lipinski definition) is 1. The van der Waals surface area contributed by atoms with E-state index in [0.29, 0.717) is 10.3 Å². The summed E-state index contributed by atoms with van der Waals surface area (Å²) in [5, 5.41) is 7.51. The molecule has 0 bridgehead atoms. The molecule has 1 atom stereocenters. The molecule has 112 valence electrons. The van der Waals surface area contributed by atoms with E-state index in [1.165, 1.54) is 18.0 Å². The van der Waals surface area contributed by atoms with Gasteiger partial charge in [0, 0.05) is 36.9 Å². The first-order chi connectivity index (χ1) is 10.2. The Kier molecular flexibility index (Phi) is 4.67. The fourth-order valence-electron chi connectivity index (χ4n) is 2.62. The molecule has 3 rings (SSSR count). The van der Waals surface area contributed by atoms with Gasteiger partial charge >= 0.3 is 0 Å². The van der Waals surface area contributed by atoms with Crippen molar-refractivity contribution in [3.8, 4) is 0 Å². The van der Waals surface area contributed by atoms with Crippen LogP contribution in [-0.4, -0.2) is 39.1 Å². The lowest BCUT2D eigenvalue weighted by Gasteiger charge is -2.15. The number of halogens is 1. The average molecular weight is 324 g/mol. The first-order valence-corrected chi connectivity index (χ1v) is 8.22. The van der Waals surface area contributed by atoms with Crippen LogP contribution >= 0.6 is 23.1 Å². The first kappa shape index (κ1) is 14.7. The number of aromatic nitrogens is 3. The second-order valence-corrected chi connectivity index (χ2v) is 6.78. The second kappa shape index (κ2) is 6.68. The van der Waals surface area contributed by atoms with E-state index in [9.17, 15) is 0 Å². The minimum absolute atomic E-state index is 0.637. The third kappa shape index (κ3) is 3.90. The van der Waals surface area contributed by atoms with Crippen molar-refractivity contribution >= 4 is 29.0 Å². The van der Waals surface area contributed by atoms with Crippen molar-refractivity contribution < 1.29 is 0 Å². The highest BCUT2D eigenvalue weighted by Gasteiger charge is 2.23. The summed E-state index contributed by atoms with van der Waals surface area (Å²) in [6, 6.07) is 6.05. The van der Waals surface area contributed by atoms with E-state index in [1.54, 1.807) is 0 Å². The van der Waals surface area contributed by atoms with Gasteiger partial charge in [-0.1, -0.05) is 22.2 Å². The Morgan fingerprint density at radius 1 is 1.48 bits per heavy atom. The predicted octanol–water partition coefficient (Wildman–Crippen LogP) is 2.83. The van der Waals surface area contributed by atoms with Crippen LogP contribution in [0.25, 0.3) is 0 Å². The first-order valence-electron chi connectivity index (χ1n) is 7.07. The molecule has 0 aromatic carbocycles. The van der Waals surface area contributed by atoms with Crippen molar-refractivity contribution in [2.45, 2.75) is 19.9 Å². The summed E-state index contributed by atoms with van der Waals surface area (Å²) < 4.78 is 4.59. The molecule has 1 saturated heterocycles. The van der Waals surface area contributed by atoms with Crippen LogP contribution in [-0.2, 0) is 6.54 Å². The number of aryl methyl sites for hydroxylation is 1. The van der Waals surface area contributed by atoms with Gasteiger partial charge in [-0.3, -0.25) is 4.90 Å². The zero-order chi connectivity index (χ0) is 14.7. The second-order valence-electron chi connectivity index (χ2n) is 5.43. The highest BCUT2D eigenvalue weighted by Crippen LogP contribution is 2.23. The van der Waals surface area contributed by atoms with E-state index in [0.717, 1.165) is 43.4 Å². The Morgan fingerprint density at radius 3 is 3.14 bits per heavy atom. The molecule has 5 nitrogen and oxygen atoms in total. The van der Waals surface area contributed by atoms with Crippen LogP contribution < -0.4 is 5.32 Å². The van der Waals surface area contributed by atoms with E-state index < -0.39 is 0 Å². The quantitative estimate of drug-likeness (QED) is 0.917. The SMILES string of the molecule is Cc1cccc(NCC2CCN(Cc3nnsc3Cl)C2)n1. The topological polar surface area (TPSA) is 53.9 Å². The maximum Gasteiger partial charge on any atom is 0.138 e. The minimum atomic E-state index is 0.637. The lowest BCUT2D eigenvalue weighted by atomic mass is 10.1. The number of nitrogens with one attached hydrogen (secondary N) is 1. The highest BCUT2D eigenvalue weighted by molar-refractivity contribution is 7.10. The van der Waals surface area contributed by atoms with E-state index in [2.05, 4.69) is 24.8 Å². The largest absolute Gasteiger partial charge is 0.370 e. The van der Waals surface area contributed by atoms with Crippen molar-refractivity contribution in [1.29, 1.82) is 0 Å². The summed E-state index contributed by atoms with van der Waals surface area (Å²) in [7, 11) is 0. The molecule has 0 radical (unpaired) electrons. The highest BCUT2D eigenvalue weighted by atomic mass is 35.5. The third-order valence-electron chi connectivity index (χ3n) is 3.71. The molecule has 0 aliphatic carbocycles. The minimum Gasteiger partial charge on any atom is -0.370 e. The Labute approximate surface area is 133 Å². The van der Waals surface area contributed by atoms with Crippen LogP contribution in [0.2, 0.25) is 4.34 Å². The van der Waals surface area contributed by atoms with Crippen LogP contribution in [0.5, 0.6) is 0 Å². The van der Waals surface area contributed by atoms with Gasteiger partial charge in [0.1, 0.15) is 15.8 Å². The molecule has 1 aliphatic rings. The standard InChI is InChI=1S/C14H18ClN5S/c1-10-3-2-4-13(17-10)16-7-11-5-6-20(8-11)9-12-14(15)21-19-18-12/h2-4,11H,5-9H2,1H3,(H,16,17). The maximum absolute atomic E-state index is 6.06. The van der Waals surface area contributed by atoms with Crippen molar-refractivity contribution in [3.63, 3.8) is 0 Å². The third-order valence-corrected chi connectivity index (χ3v) is 4.70. The summed E-state index contributed by atoms with van der Waals surface area (Å²) >= 11 is 7.31. The Hall–Kier alpha value is -1.24. The molecule has 1 unspecified atom stereocenters. The van der Waals surface area contributed by atoms with Crippen LogP contribution in [0, 0.1) is 12.8 Å². The van der Waals surface area contributed by atoms with E-state index >= 15 is 0 Å². The lowest BCUT2D eigenvalue weighted by molar-refractivity contribution is 0.315. The lowest BCUT2D eigenvalue weighted by Crippen LogP contribution is -2.23. The number of pyridine rings is 1. The zero-order valence-corrected chi connectivity index (χ0v) is 13.5. The van der Waals surface area contributed by atoms with Gasteiger partial charge in [0.05, 0.1) is 0 Å². The molecule has 0 amide bonds. The molecular weight excluding hydrogens is 306 g/mol. The van der Waals surface area contributed by atoms with E-state index in [-0.39, 0.29) is 0 Å². The van der Waals surface area contributed by atoms with Crippen LogP contribution in [0.4, 0.5) is 5.82 Å². The van der Waals surface area contributed by atoms with Gasteiger partial charge < -0.3 is 5.32 Å². The molecule has 1 aliphatic heterocycles. The van der Waals surface area contributed by atoms with Crippen molar-refractivity contribution in [2.24, 2.45) is 5.92 Å². The van der Waals surface area contributed by atoms with E-state index in [1.807, 2.05) is 25.1 Å². The fraction of sp³-hybridized carbons (Fsp3) is 0.500. The van der Waals surface area contributed by atoms with Gasteiger partial charge in [-0.2, -0.15) is 0 Å². The molecular formula is C14H18ClN5S. The molecule has 1 N–H and O–H groups in total. The Morgan fingerprint density at radius 2 is 2.38 bits per heavy atom. The van der Waals surface area contributed by atoms with Gasteiger partial charge in [0.15, 0.2) is 0 Å². The van der Waals surface area contributed by atoms with Gasteiger partial charge in [-0.15, -0.1) is 5.10 Å². The zero-order valence-electron chi connectivity index (χ0n) is 11.9. The maximum atomic E-state index is 6.06. The smallest absolute Gasteiger partial charge is 0.138 e. The summed E-state index contributed by atoms with van der Waals surface area (Å²) in [6.45, 7) is 5.91. The molecule has 1 fully saturated rings. The monoisotopic (exact) mass is 323 g/mol. The molecule has 2 aromatic heterocycles. The van der Waals surface area contributed by atoms with Crippen LogP contribution in [0.3, 0.4) is 0 Å². The number of likely N-dealkylation sites (tertiary alicyclic amines) is 1. The Balaban J connectivity index is 1.47. The van der Waals surface area contributed by atoms with Crippen LogP contribution in [0.15, 0.2) is 18.2 Å². The number of rotatable bonds is 5. The van der Waals surface area contributed by atoms with Crippen molar-refractivity contribution in [2.75, 3.05) is 25.0 Å². The average Bonchev–Trinajstić information content (AvgIpc) is 3.07. The molecule has 0 saturated carbocycles. The summed E-state index contributed by atoms with van der Waals surface area (Å²) in [5.41, 5.74) is 1.94. The van der Waals surface area contributed by atoms with Gasteiger partial charge in [-0.05, 0) is 37.9 Å². The van der Waals surface area contributed by atoms with Crippen molar-refractivity contribution in [1.82, 2.24) is 19.5 Å². The van der Waals surface area contributed by atoms with E-state index in [4.69, 9.17) is 11.6 Å². The number of nitrogens with zero attached hydrogens (tertiary/aromatic N) is 4. The van der Waals surface area contributed by atoms with Gasteiger partial charge in [-0.25, -0.2) is 4.98 Å². The Bertz CT molecular complexity index is 603. The number of hydrogen-bond acceptors (Lipinski definition) is 6. The molecule has 2 aromatic rings. The predicted molar refractivity (Wildman–Crippen MR) is 85.8 cm³/mol. The fourth-order valence-corrected chi connectivity index (χ4v) is 3.23. The van der Waals surface area contributed by atoms with Crippen molar-refractivity contribution in [3.05, 3.63) is 33.9 Å². The number of anilines is 1. The molecule has 7 heteroatoms. The molecule has 0 spiro atoms. The van der Waals surface area contributed by atoms with Gasteiger partial charge in [0.2, 0.25) is 0 Å². The van der Waals surface area contributed by atoms with Crippen LogP contribution in [0.1, 0.15) is 17.8 Å². The molecule has 21 heavy (non-hydrogen) atoms.